The zero-order chi connectivity index (χ0) is 32.1. The van der Waals surface area contributed by atoms with Crippen LogP contribution in [0, 0.1) is 0 Å². The lowest BCUT2D eigenvalue weighted by Crippen LogP contribution is -2.43. The summed E-state index contributed by atoms with van der Waals surface area (Å²) in [5, 5.41) is 0. The summed E-state index contributed by atoms with van der Waals surface area (Å²) in [6.07, 6.45) is 3.47. The third-order valence-electron chi connectivity index (χ3n) is 7.79. The fourth-order valence-corrected chi connectivity index (χ4v) is 5.67. The van der Waals surface area contributed by atoms with Crippen LogP contribution < -0.4 is 0 Å². The maximum absolute atomic E-state index is 12.7. The van der Waals surface area contributed by atoms with E-state index in [1.807, 2.05) is 69.3 Å². The maximum Gasteiger partial charge on any atom is 0.411 e. The van der Waals surface area contributed by atoms with Crippen molar-refractivity contribution in [2.75, 3.05) is 6.61 Å². The molecule has 2 heterocycles. The van der Waals surface area contributed by atoms with Gasteiger partial charge in [0.05, 0.1) is 43.2 Å². The van der Waals surface area contributed by atoms with Gasteiger partial charge in [0.1, 0.15) is 6.61 Å². The molecule has 0 aromatic heterocycles. The molecule has 2 aliphatic rings. The summed E-state index contributed by atoms with van der Waals surface area (Å²) in [6.45, 7) is 5.73. The number of allylic oxidation sites excluding steroid dienone is 2. The lowest BCUT2D eigenvalue weighted by molar-refractivity contribution is -0.269. The predicted molar refractivity (Wildman–Crippen MR) is 166 cm³/mol. The molecule has 9 heteroatoms. The average Bonchev–Trinajstić information content (AvgIpc) is 3.00. The van der Waals surface area contributed by atoms with Gasteiger partial charge in [0.15, 0.2) is 12.6 Å². The first kappa shape index (κ1) is 35.6. The number of alkyl halides is 3. The summed E-state index contributed by atoms with van der Waals surface area (Å²) < 4.78 is 74.3. The number of halogens is 3. The van der Waals surface area contributed by atoms with Gasteiger partial charge in [0.25, 0.3) is 0 Å². The summed E-state index contributed by atoms with van der Waals surface area (Å²) >= 11 is 0. The van der Waals surface area contributed by atoms with Crippen molar-refractivity contribution in [2.24, 2.45) is 0 Å². The van der Waals surface area contributed by atoms with Gasteiger partial charge < -0.3 is 28.4 Å². The van der Waals surface area contributed by atoms with Gasteiger partial charge in [-0.05, 0) is 70.4 Å². The van der Waals surface area contributed by atoms with E-state index in [4.69, 9.17) is 28.4 Å². The smallest absolute Gasteiger partial charge is 0.371 e. The lowest BCUT2D eigenvalue weighted by atomic mass is 9.98. The van der Waals surface area contributed by atoms with E-state index in [2.05, 4.69) is 24.3 Å². The third kappa shape index (κ3) is 13.5. The molecule has 6 atom stereocenters. The van der Waals surface area contributed by atoms with Crippen molar-refractivity contribution in [2.45, 2.75) is 134 Å². The predicted octanol–water partition coefficient (Wildman–Crippen LogP) is 8.68. The molecular weight excluding hydrogens is 585 g/mol. The standard InChI is InChI=1S/C36H49F3O6/c1-35(2,3)45-34-23-21-30(41-25-28-16-10-7-11-17-28)32(44-34)19-13-5-4-12-18-31-29(40-24-27-14-8-6-9-15-27)20-22-33(43-31)42-26-36(37,38)39/h4-11,14-17,29-34H,12-13,18-26H2,1-3H3/b5-4+/t29-,30+,31+,32+,33-,34+/m0/s1. The minimum Gasteiger partial charge on any atom is -0.371 e. The van der Waals surface area contributed by atoms with Crippen LogP contribution >= 0.6 is 0 Å². The quantitative estimate of drug-likeness (QED) is 0.183. The molecule has 0 spiro atoms. The van der Waals surface area contributed by atoms with E-state index in [-0.39, 0.29) is 36.3 Å². The Morgan fingerprint density at radius 1 is 0.667 bits per heavy atom. The Labute approximate surface area is 266 Å². The summed E-state index contributed by atoms with van der Waals surface area (Å²) in [5.41, 5.74) is 1.87. The van der Waals surface area contributed by atoms with Gasteiger partial charge >= 0.3 is 6.18 Å². The Balaban J connectivity index is 1.28. The molecule has 2 aromatic carbocycles. The zero-order valence-electron chi connectivity index (χ0n) is 26.8. The molecule has 0 N–H and O–H groups in total. The SMILES string of the molecule is CC(C)(C)O[C@@H]1CC[C@@H](OCc2ccccc2)[C@@H](CC/C=C/CC[C@H]2O[C@H](OCC(F)(F)F)CC[C@@H]2OCc2ccccc2)O1. The van der Waals surface area contributed by atoms with E-state index >= 15 is 0 Å². The van der Waals surface area contributed by atoms with E-state index < -0.39 is 19.1 Å². The van der Waals surface area contributed by atoms with Gasteiger partial charge in [-0.3, -0.25) is 0 Å². The molecule has 0 unspecified atom stereocenters. The van der Waals surface area contributed by atoms with Gasteiger partial charge in [-0.2, -0.15) is 13.2 Å². The molecule has 250 valence electrons. The van der Waals surface area contributed by atoms with Crippen LogP contribution in [0.4, 0.5) is 13.2 Å². The highest BCUT2D eigenvalue weighted by molar-refractivity contribution is 5.14. The van der Waals surface area contributed by atoms with Crippen molar-refractivity contribution >= 4 is 0 Å². The Hall–Kier alpha value is -2.27. The van der Waals surface area contributed by atoms with Crippen molar-refractivity contribution in [1.29, 1.82) is 0 Å². The monoisotopic (exact) mass is 634 g/mol. The molecular formula is C36H49F3O6. The van der Waals surface area contributed by atoms with Crippen LogP contribution in [0.1, 0.15) is 83.3 Å². The Morgan fingerprint density at radius 2 is 1.13 bits per heavy atom. The van der Waals surface area contributed by atoms with E-state index in [1.165, 1.54) is 0 Å². The highest BCUT2D eigenvalue weighted by Gasteiger charge is 2.36. The zero-order valence-corrected chi connectivity index (χ0v) is 26.8. The van der Waals surface area contributed by atoms with E-state index in [9.17, 15) is 13.2 Å². The Kier molecular flexibility index (Phi) is 13.9. The lowest BCUT2D eigenvalue weighted by Gasteiger charge is -2.38. The molecule has 2 aliphatic heterocycles. The molecule has 6 nitrogen and oxygen atoms in total. The molecule has 0 amide bonds. The highest BCUT2D eigenvalue weighted by Crippen LogP contribution is 2.30. The van der Waals surface area contributed by atoms with Gasteiger partial charge in [0, 0.05) is 12.8 Å². The first-order chi connectivity index (χ1) is 21.5. The van der Waals surface area contributed by atoms with Crippen molar-refractivity contribution < 1.29 is 41.6 Å². The van der Waals surface area contributed by atoms with Crippen LogP contribution in [-0.2, 0) is 41.6 Å². The minimum absolute atomic E-state index is 0.0229. The Bertz CT molecular complexity index is 1120. The van der Waals surface area contributed by atoms with Crippen LogP contribution in [0.3, 0.4) is 0 Å². The van der Waals surface area contributed by atoms with Crippen LogP contribution in [-0.4, -0.2) is 55.4 Å². The van der Waals surface area contributed by atoms with Crippen molar-refractivity contribution in [3.05, 3.63) is 83.9 Å². The number of hydrogen-bond donors (Lipinski definition) is 0. The van der Waals surface area contributed by atoms with Crippen molar-refractivity contribution in [1.82, 2.24) is 0 Å². The van der Waals surface area contributed by atoms with Crippen molar-refractivity contribution in [3.63, 3.8) is 0 Å². The second-order valence-corrected chi connectivity index (χ2v) is 12.8. The fraction of sp³-hybridized carbons (Fsp3) is 0.611. The first-order valence-corrected chi connectivity index (χ1v) is 16.2. The Morgan fingerprint density at radius 3 is 1.60 bits per heavy atom. The number of ether oxygens (including phenoxy) is 6. The van der Waals surface area contributed by atoms with Gasteiger partial charge in [-0.25, -0.2) is 0 Å². The molecule has 0 bridgehead atoms. The number of benzene rings is 2. The topological polar surface area (TPSA) is 55.4 Å². The normalized spacial score (nSPS) is 26.4. The third-order valence-corrected chi connectivity index (χ3v) is 7.79. The van der Waals surface area contributed by atoms with Gasteiger partial charge in [-0.1, -0.05) is 72.8 Å². The molecule has 0 radical (unpaired) electrons. The molecule has 0 saturated carbocycles. The molecule has 4 rings (SSSR count). The maximum atomic E-state index is 12.7. The first-order valence-electron chi connectivity index (χ1n) is 16.2. The van der Waals surface area contributed by atoms with Crippen LogP contribution in [0.2, 0.25) is 0 Å². The average molecular weight is 635 g/mol. The second-order valence-electron chi connectivity index (χ2n) is 12.8. The number of rotatable bonds is 15. The molecule has 45 heavy (non-hydrogen) atoms. The molecule has 2 saturated heterocycles. The summed E-state index contributed by atoms with van der Waals surface area (Å²) in [7, 11) is 0. The summed E-state index contributed by atoms with van der Waals surface area (Å²) in [4.78, 5) is 0. The second kappa shape index (κ2) is 17.6. The largest absolute Gasteiger partial charge is 0.411 e. The van der Waals surface area contributed by atoms with Crippen LogP contribution in [0.25, 0.3) is 0 Å². The molecule has 2 fully saturated rings. The highest BCUT2D eigenvalue weighted by atomic mass is 19.4. The van der Waals surface area contributed by atoms with E-state index in [0.717, 1.165) is 36.8 Å². The summed E-state index contributed by atoms with van der Waals surface area (Å²) in [6, 6.07) is 20.0. The minimum atomic E-state index is -4.39. The van der Waals surface area contributed by atoms with E-state index in [1.54, 1.807) is 0 Å². The van der Waals surface area contributed by atoms with Crippen LogP contribution in [0.15, 0.2) is 72.8 Å². The molecule has 2 aromatic rings. The van der Waals surface area contributed by atoms with Crippen LogP contribution in [0.5, 0.6) is 0 Å². The van der Waals surface area contributed by atoms with E-state index in [0.29, 0.717) is 38.9 Å². The molecule has 0 aliphatic carbocycles. The number of hydrogen-bond acceptors (Lipinski definition) is 6. The fourth-order valence-electron chi connectivity index (χ4n) is 5.67. The van der Waals surface area contributed by atoms with Gasteiger partial charge in [-0.15, -0.1) is 0 Å². The summed E-state index contributed by atoms with van der Waals surface area (Å²) in [5.74, 6) is 0. The van der Waals surface area contributed by atoms with Crippen molar-refractivity contribution in [3.8, 4) is 0 Å². The van der Waals surface area contributed by atoms with Gasteiger partial charge in [0.2, 0.25) is 0 Å².